The zero-order chi connectivity index (χ0) is 17.5. The van der Waals surface area contributed by atoms with E-state index in [-0.39, 0.29) is 23.5 Å². The molecule has 10 heteroatoms. The van der Waals surface area contributed by atoms with Gasteiger partial charge in [0.05, 0.1) is 11.8 Å². The van der Waals surface area contributed by atoms with E-state index in [0.29, 0.717) is 11.7 Å². The molecule has 0 bridgehead atoms. The number of nitrogens with one attached hydrogen (secondary N) is 1. The molecule has 0 spiro atoms. The van der Waals surface area contributed by atoms with Crippen LogP contribution in [-0.2, 0) is 11.3 Å². The minimum atomic E-state index is -2.85. The smallest absolute Gasteiger partial charge is 0.387 e. The molecule has 0 saturated heterocycles. The van der Waals surface area contributed by atoms with E-state index in [0.717, 1.165) is 5.56 Å². The second-order valence-corrected chi connectivity index (χ2v) is 6.03. The molecule has 7 nitrogen and oxygen atoms in total. The Hall–Kier alpha value is -2.23. The molecule has 0 aliphatic carbocycles. The Bertz CT molecular complexity index is 663. The van der Waals surface area contributed by atoms with Crippen LogP contribution in [0.2, 0.25) is 0 Å². The summed E-state index contributed by atoms with van der Waals surface area (Å²) in [6.45, 7) is 1.34. The molecule has 0 atom stereocenters. The van der Waals surface area contributed by atoms with Crippen LogP contribution in [0.15, 0.2) is 29.4 Å². The van der Waals surface area contributed by atoms with Crippen LogP contribution in [0.3, 0.4) is 0 Å². The van der Waals surface area contributed by atoms with E-state index in [2.05, 4.69) is 25.6 Å². The Kier molecular flexibility index (Phi) is 6.47. The van der Waals surface area contributed by atoms with Crippen LogP contribution in [0.25, 0.3) is 0 Å². The molecule has 1 aromatic heterocycles. The number of hydrogen-bond acceptors (Lipinski definition) is 6. The highest BCUT2D eigenvalue weighted by molar-refractivity contribution is 7.99. The quantitative estimate of drug-likeness (QED) is 0.730. The van der Waals surface area contributed by atoms with Gasteiger partial charge >= 0.3 is 6.61 Å². The van der Waals surface area contributed by atoms with Crippen LogP contribution in [0, 0.1) is 0 Å². The Labute approximate surface area is 141 Å². The number of carbonyl (C=O) groups is 1. The number of benzene rings is 1. The lowest BCUT2D eigenvalue weighted by Gasteiger charge is -2.08. The summed E-state index contributed by atoms with van der Waals surface area (Å²) in [5.41, 5.74) is 0.780. The minimum Gasteiger partial charge on any atom is -0.435 e. The van der Waals surface area contributed by atoms with Crippen molar-refractivity contribution in [1.82, 2.24) is 25.5 Å². The number of hydrogen-bond donors (Lipinski definition) is 1. The van der Waals surface area contributed by atoms with Gasteiger partial charge in [-0.1, -0.05) is 23.9 Å². The molecule has 0 saturated carbocycles. The molecule has 0 unspecified atom stereocenters. The van der Waals surface area contributed by atoms with E-state index in [4.69, 9.17) is 0 Å². The van der Waals surface area contributed by atoms with E-state index in [9.17, 15) is 13.6 Å². The number of tetrazole rings is 1. The number of nitrogens with zero attached hydrogens (tertiary/aromatic N) is 4. The maximum atomic E-state index is 12.1. The summed E-state index contributed by atoms with van der Waals surface area (Å²) in [6.07, 6.45) is 0. The van der Waals surface area contributed by atoms with Crippen LogP contribution in [0.1, 0.15) is 25.5 Å². The SMILES string of the molecule is CC(C)n1nnnc1SCC(=O)NCc1ccc(OC(F)F)cc1. The molecular weight excluding hydrogens is 340 g/mol. The molecule has 2 rings (SSSR count). The summed E-state index contributed by atoms with van der Waals surface area (Å²) in [6, 6.07) is 6.20. The van der Waals surface area contributed by atoms with Crippen LogP contribution in [0.4, 0.5) is 8.78 Å². The fourth-order valence-electron chi connectivity index (χ4n) is 1.78. The average Bonchev–Trinajstić information content (AvgIpc) is 3.00. The Balaban J connectivity index is 1.77. The Morgan fingerprint density at radius 2 is 2.04 bits per heavy atom. The van der Waals surface area contributed by atoms with Gasteiger partial charge in [0.1, 0.15) is 5.75 Å². The van der Waals surface area contributed by atoms with Crippen LogP contribution in [-0.4, -0.2) is 38.5 Å². The minimum absolute atomic E-state index is 0.0798. The van der Waals surface area contributed by atoms with Crippen molar-refractivity contribution in [1.29, 1.82) is 0 Å². The van der Waals surface area contributed by atoms with Crippen molar-refractivity contribution in [3.8, 4) is 5.75 Å². The fourth-order valence-corrected chi connectivity index (χ4v) is 2.61. The third-order valence-corrected chi connectivity index (χ3v) is 3.86. The van der Waals surface area contributed by atoms with Gasteiger partial charge in [0.15, 0.2) is 0 Å². The molecule has 1 aromatic carbocycles. The highest BCUT2D eigenvalue weighted by Gasteiger charge is 2.12. The first-order valence-electron chi connectivity index (χ1n) is 7.17. The maximum absolute atomic E-state index is 12.1. The number of aromatic nitrogens is 4. The summed E-state index contributed by atoms with van der Waals surface area (Å²) < 4.78 is 30.0. The normalized spacial score (nSPS) is 11.1. The van der Waals surface area contributed by atoms with E-state index < -0.39 is 6.61 Å². The van der Waals surface area contributed by atoms with E-state index in [1.54, 1.807) is 16.8 Å². The van der Waals surface area contributed by atoms with Gasteiger partial charge in [-0.3, -0.25) is 4.79 Å². The van der Waals surface area contributed by atoms with Gasteiger partial charge in [-0.2, -0.15) is 8.78 Å². The molecule has 0 aliphatic heterocycles. The molecule has 0 aliphatic rings. The Morgan fingerprint density at radius 3 is 2.67 bits per heavy atom. The summed E-state index contributed by atoms with van der Waals surface area (Å²) in [5, 5.41) is 14.6. The molecule has 0 fully saturated rings. The van der Waals surface area contributed by atoms with E-state index >= 15 is 0 Å². The average molecular weight is 357 g/mol. The van der Waals surface area contributed by atoms with Crippen molar-refractivity contribution in [3.05, 3.63) is 29.8 Å². The van der Waals surface area contributed by atoms with Crippen LogP contribution < -0.4 is 10.1 Å². The predicted molar refractivity (Wildman–Crippen MR) is 83.8 cm³/mol. The first kappa shape index (κ1) is 18.1. The van der Waals surface area contributed by atoms with Crippen molar-refractivity contribution in [2.75, 3.05) is 5.75 Å². The third kappa shape index (κ3) is 5.44. The molecule has 130 valence electrons. The lowest BCUT2D eigenvalue weighted by Crippen LogP contribution is -2.24. The predicted octanol–water partition coefficient (Wildman–Crippen LogP) is 2.26. The third-order valence-electron chi connectivity index (χ3n) is 2.92. The molecule has 1 amide bonds. The monoisotopic (exact) mass is 357 g/mol. The molecule has 1 N–H and O–H groups in total. The number of rotatable bonds is 8. The largest absolute Gasteiger partial charge is 0.435 e. The summed E-state index contributed by atoms with van der Waals surface area (Å²) in [7, 11) is 0. The summed E-state index contributed by atoms with van der Waals surface area (Å²) in [4.78, 5) is 11.9. The molecule has 24 heavy (non-hydrogen) atoms. The first-order valence-corrected chi connectivity index (χ1v) is 8.15. The number of thioether (sulfide) groups is 1. The van der Waals surface area contributed by atoms with Crippen LogP contribution in [0.5, 0.6) is 5.75 Å². The van der Waals surface area contributed by atoms with E-state index in [1.165, 1.54) is 23.9 Å². The molecule has 2 aromatic rings. The second-order valence-electron chi connectivity index (χ2n) is 5.09. The van der Waals surface area contributed by atoms with Gasteiger partial charge < -0.3 is 10.1 Å². The molecule has 0 radical (unpaired) electrons. The lowest BCUT2D eigenvalue weighted by atomic mass is 10.2. The Morgan fingerprint density at radius 1 is 1.33 bits per heavy atom. The second kappa shape index (κ2) is 8.57. The van der Waals surface area contributed by atoms with Gasteiger partial charge in [-0.25, -0.2) is 4.68 Å². The number of halogens is 2. The number of carbonyl (C=O) groups excluding carboxylic acids is 1. The van der Waals surface area contributed by atoms with Gasteiger partial charge in [-0.05, 0) is 42.0 Å². The standard InChI is InChI=1S/C14H17F2N5O2S/c1-9(2)21-14(18-19-20-21)24-8-12(22)17-7-10-3-5-11(6-4-10)23-13(15)16/h3-6,9,13H,7-8H2,1-2H3,(H,17,22). The van der Waals surface area contributed by atoms with E-state index in [1.807, 2.05) is 13.8 Å². The van der Waals surface area contributed by atoms with Crippen molar-refractivity contribution in [3.63, 3.8) is 0 Å². The summed E-state index contributed by atoms with van der Waals surface area (Å²) >= 11 is 1.25. The number of amides is 1. The van der Waals surface area contributed by atoms with Crippen LogP contribution >= 0.6 is 11.8 Å². The van der Waals surface area contributed by atoms with Gasteiger partial charge in [0.2, 0.25) is 11.1 Å². The summed E-state index contributed by atoms with van der Waals surface area (Å²) in [5.74, 6) is 0.0852. The highest BCUT2D eigenvalue weighted by atomic mass is 32.2. The molecular formula is C14H17F2N5O2S. The fraction of sp³-hybridized carbons (Fsp3) is 0.429. The van der Waals surface area contributed by atoms with Crippen molar-refractivity contribution in [2.45, 2.75) is 38.2 Å². The van der Waals surface area contributed by atoms with Gasteiger partial charge in [0, 0.05) is 6.54 Å². The number of ether oxygens (including phenoxy) is 1. The van der Waals surface area contributed by atoms with Gasteiger partial charge in [-0.15, -0.1) is 5.10 Å². The highest BCUT2D eigenvalue weighted by Crippen LogP contribution is 2.17. The lowest BCUT2D eigenvalue weighted by molar-refractivity contribution is -0.118. The van der Waals surface area contributed by atoms with Crippen molar-refractivity contribution < 1.29 is 18.3 Å². The molecule has 1 heterocycles. The zero-order valence-corrected chi connectivity index (χ0v) is 14.0. The topological polar surface area (TPSA) is 81.9 Å². The van der Waals surface area contributed by atoms with Gasteiger partial charge in [0.25, 0.3) is 0 Å². The zero-order valence-electron chi connectivity index (χ0n) is 13.1. The maximum Gasteiger partial charge on any atom is 0.387 e. The first-order chi connectivity index (χ1) is 11.5. The number of alkyl halides is 2. The van der Waals surface area contributed by atoms with Crippen molar-refractivity contribution in [2.24, 2.45) is 0 Å². The van der Waals surface area contributed by atoms with Crippen molar-refractivity contribution >= 4 is 17.7 Å².